The minimum atomic E-state index is -0.0863. The number of methoxy groups -OCH3 is 1. The van der Waals surface area contributed by atoms with E-state index in [1.807, 2.05) is 24.3 Å². The van der Waals surface area contributed by atoms with Gasteiger partial charge in [-0.1, -0.05) is 18.2 Å². The van der Waals surface area contributed by atoms with Crippen LogP contribution in [0.25, 0.3) is 6.08 Å². The van der Waals surface area contributed by atoms with Crippen LogP contribution in [0.5, 0.6) is 11.5 Å². The van der Waals surface area contributed by atoms with Crippen LogP contribution in [0.3, 0.4) is 0 Å². The van der Waals surface area contributed by atoms with Gasteiger partial charge in [-0.05, 0) is 72.4 Å². The lowest BCUT2D eigenvalue weighted by Gasteiger charge is -2.12. The number of hydrogen-bond donors (Lipinski definition) is 0. The molecule has 1 aliphatic rings. The molecule has 0 unspecified atom stereocenters. The van der Waals surface area contributed by atoms with Crippen molar-refractivity contribution in [3.63, 3.8) is 0 Å². The van der Waals surface area contributed by atoms with Gasteiger partial charge in [-0.15, -0.1) is 0 Å². The van der Waals surface area contributed by atoms with E-state index in [0.29, 0.717) is 12.3 Å². The molecule has 0 spiro atoms. The molecule has 0 saturated carbocycles. The Morgan fingerprint density at radius 2 is 2.00 bits per heavy atom. The Morgan fingerprint density at radius 3 is 2.79 bits per heavy atom. The van der Waals surface area contributed by atoms with Gasteiger partial charge in [0.05, 0.1) is 7.11 Å². The number of aryl methyl sites for hydroxylation is 3. The minimum Gasteiger partial charge on any atom is -0.496 e. The van der Waals surface area contributed by atoms with Crippen LogP contribution in [0, 0.1) is 0 Å². The molecular weight excluding hydrogens is 364 g/mol. The first-order valence-corrected chi connectivity index (χ1v) is 9.76. The largest absolute Gasteiger partial charge is 0.496 e. The van der Waals surface area contributed by atoms with Crippen LogP contribution in [0.4, 0.5) is 0 Å². The zero-order chi connectivity index (χ0) is 20.2. The van der Waals surface area contributed by atoms with Crippen LogP contribution in [-0.4, -0.2) is 22.7 Å². The van der Waals surface area contributed by atoms with Crippen LogP contribution >= 0.6 is 0 Å². The van der Waals surface area contributed by atoms with E-state index in [1.54, 1.807) is 43.3 Å². The van der Waals surface area contributed by atoms with E-state index in [1.165, 1.54) is 17.5 Å². The number of nitrogens with zero attached hydrogens (tertiary/aromatic N) is 2. The molecule has 1 heterocycles. The third kappa shape index (κ3) is 4.24. The van der Waals surface area contributed by atoms with Crippen LogP contribution in [0.15, 0.2) is 54.7 Å². The first-order chi connectivity index (χ1) is 14.1. The van der Waals surface area contributed by atoms with E-state index >= 15 is 0 Å². The molecule has 2 aromatic carbocycles. The summed E-state index contributed by atoms with van der Waals surface area (Å²) in [5, 5.41) is 4.03. The van der Waals surface area contributed by atoms with Crippen LogP contribution in [-0.2, 0) is 26.5 Å². The van der Waals surface area contributed by atoms with Gasteiger partial charge < -0.3 is 9.47 Å². The molecule has 4 rings (SSSR count). The number of carbonyl (C=O) groups excluding carboxylic acids is 1. The van der Waals surface area contributed by atoms with Gasteiger partial charge in [0, 0.05) is 18.8 Å². The fourth-order valence-corrected chi connectivity index (χ4v) is 3.69. The van der Waals surface area contributed by atoms with Gasteiger partial charge in [-0.2, -0.15) is 5.10 Å². The molecular formula is C24H24N2O3. The molecule has 29 heavy (non-hydrogen) atoms. The number of hydrogen-bond acceptors (Lipinski definition) is 4. The Kier molecular flexibility index (Phi) is 5.47. The number of allylic oxidation sites excluding steroid dienone is 1. The first-order valence-electron chi connectivity index (χ1n) is 9.76. The lowest BCUT2D eigenvalue weighted by molar-refractivity contribution is 0.103. The molecule has 1 aromatic heterocycles. The molecule has 0 saturated heterocycles. The summed E-state index contributed by atoms with van der Waals surface area (Å²) in [5.41, 5.74) is 5.21. The van der Waals surface area contributed by atoms with E-state index in [9.17, 15) is 4.79 Å². The second kappa shape index (κ2) is 8.35. The van der Waals surface area contributed by atoms with E-state index in [0.717, 1.165) is 35.5 Å². The Labute approximate surface area is 170 Å². The van der Waals surface area contributed by atoms with Crippen molar-refractivity contribution < 1.29 is 14.3 Å². The predicted octanol–water partition coefficient (Wildman–Crippen LogP) is 4.39. The Hall–Kier alpha value is -3.34. The summed E-state index contributed by atoms with van der Waals surface area (Å²) in [6, 6.07) is 13.9. The van der Waals surface area contributed by atoms with Crippen molar-refractivity contribution in [2.45, 2.75) is 25.9 Å². The number of ether oxygens (including phenoxy) is 2. The van der Waals surface area contributed by atoms with Gasteiger partial charge in [0.25, 0.3) is 0 Å². The van der Waals surface area contributed by atoms with Crippen molar-refractivity contribution in [3.05, 3.63) is 82.7 Å². The topological polar surface area (TPSA) is 53.3 Å². The van der Waals surface area contributed by atoms with Gasteiger partial charge in [-0.25, -0.2) is 0 Å². The number of aromatic nitrogens is 2. The number of ketones is 1. The zero-order valence-corrected chi connectivity index (χ0v) is 16.7. The van der Waals surface area contributed by atoms with Gasteiger partial charge in [0.15, 0.2) is 0 Å². The maximum absolute atomic E-state index is 12.3. The second-order valence-corrected chi connectivity index (χ2v) is 7.18. The number of benzene rings is 2. The van der Waals surface area contributed by atoms with Crippen molar-refractivity contribution >= 4 is 11.9 Å². The molecule has 0 amide bonds. The Bertz CT molecular complexity index is 1070. The average molecular weight is 388 g/mol. The molecule has 0 aliphatic heterocycles. The summed E-state index contributed by atoms with van der Waals surface area (Å²) in [6.07, 6.45) is 8.48. The number of fused-ring (bicyclic) bond motifs is 1. The normalized spacial score (nSPS) is 12.9. The average Bonchev–Trinajstić information content (AvgIpc) is 3.38. The molecule has 0 fully saturated rings. The number of carbonyl (C=O) groups is 1. The first kappa shape index (κ1) is 19.0. The molecule has 5 heteroatoms. The molecule has 0 bridgehead atoms. The van der Waals surface area contributed by atoms with Gasteiger partial charge >= 0.3 is 0 Å². The van der Waals surface area contributed by atoms with Gasteiger partial charge in [0.2, 0.25) is 5.78 Å². The van der Waals surface area contributed by atoms with E-state index in [-0.39, 0.29) is 5.78 Å². The lowest BCUT2D eigenvalue weighted by Crippen LogP contribution is -2.03. The standard InChI is InChI=1S/C24H24N2O3/c1-26-22(12-13-25-26)23(27)10-6-17-7-11-24(28-2)20(14-17)16-29-21-9-8-18-4-3-5-19(18)15-21/h6-15H,3-5,16H2,1-2H3/b10-6+. The SMILES string of the molecule is COc1ccc(/C=C/C(=O)c2ccnn2C)cc1COc1ccc2c(c1)CCC2. The Balaban J connectivity index is 1.48. The fourth-order valence-electron chi connectivity index (χ4n) is 3.69. The van der Waals surface area contributed by atoms with E-state index in [4.69, 9.17) is 9.47 Å². The summed E-state index contributed by atoms with van der Waals surface area (Å²) < 4.78 is 13.1. The van der Waals surface area contributed by atoms with Gasteiger partial charge in [-0.3, -0.25) is 9.48 Å². The monoisotopic (exact) mass is 388 g/mol. The molecule has 5 nitrogen and oxygen atoms in total. The van der Waals surface area contributed by atoms with Crippen molar-refractivity contribution in [1.82, 2.24) is 9.78 Å². The lowest BCUT2D eigenvalue weighted by atomic mass is 10.1. The summed E-state index contributed by atoms with van der Waals surface area (Å²) in [5.74, 6) is 1.55. The Morgan fingerprint density at radius 1 is 1.14 bits per heavy atom. The van der Waals surface area contributed by atoms with Crippen LogP contribution < -0.4 is 9.47 Å². The minimum absolute atomic E-state index is 0.0863. The van der Waals surface area contributed by atoms with Crippen molar-refractivity contribution in [1.29, 1.82) is 0 Å². The highest BCUT2D eigenvalue weighted by molar-refractivity contribution is 6.05. The summed E-state index contributed by atoms with van der Waals surface area (Å²) in [6.45, 7) is 0.402. The summed E-state index contributed by atoms with van der Waals surface area (Å²) in [4.78, 5) is 12.3. The maximum atomic E-state index is 12.3. The maximum Gasteiger partial charge on any atom is 0.203 e. The van der Waals surface area contributed by atoms with E-state index in [2.05, 4.69) is 17.2 Å². The molecule has 1 aliphatic carbocycles. The van der Waals surface area contributed by atoms with Gasteiger partial charge in [0.1, 0.15) is 23.8 Å². The molecule has 0 radical (unpaired) electrons. The fraction of sp³-hybridized carbons (Fsp3) is 0.250. The third-order valence-electron chi connectivity index (χ3n) is 5.27. The van der Waals surface area contributed by atoms with Crippen LogP contribution in [0.1, 0.15) is 39.2 Å². The third-order valence-corrected chi connectivity index (χ3v) is 5.27. The smallest absolute Gasteiger partial charge is 0.203 e. The van der Waals surface area contributed by atoms with Crippen molar-refractivity contribution in [2.24, 2.45) is 7.05 Å². The number of rotatable bonds is 7. The molecule has 0 N–H and O–H groups in total. The second-order valence-electron chi connectivity index (χ2n) is 7.18. The highest BCUT2D eigenvalue weighted by Crippen LogP contribution is 2.28. The predicted molar refractivity (Wildman–Crippen MR) is 112 cm³/mol. The quantitative estimate of drug-likeness (QED) is 0.445. The molecule has 3 aromatic rings. The molecule has 0 atom stereocenters. The highest BCUT2D eigenvalue weighted by atomic mass is 16.5. The van der Waals surface area contributed by atoms with Crippen molar-refractivity contribution in [3.8, 4) is 11.5 Å². The van der Waals surface area contributed by atoms with Crippen molar-refractivity contribution in [2.75, 3.05) is 7.11 Å². The summed E-state index contributed by atoms with van der Waals surface area (Å²) in [7, 11) is 3.40. The highest BCUT2D eigenvalue weighted by Gasteiger charge is 2.12. The molecule has 148 valence electrons. The van der Waals surface area contributed by atoms with E-state index < -0.39 is 0 Å². The zero-order valence-electron chi connectivity index (χ0n) is 16.7. The van der Waals surface area contributed by atoms with Crippen LogP contribution in [0.2, 0.25) is 0 Å². The summed E-state index contributed by atoms with van der Waals surface area (Å²) >= 11 is 0.